The molecular weight excluding hydrogens is 558 g/mol. The van der Waals surface area contributed by atoms with Gasteiger partial charge in [-0.3, -0.25) is 0 Å². The van der Waals surface area contributed by atoms with Crippen LogP contribution in [0.15, 0.2) is 71.1 Å². The first-order valence-corrected chi connectivity index (χ1v) is 11.3. The van der Waals surface area contributed by atoms with Crippen molar-refractivity contribution in [3.63, 3.8) is 0 Å². The Hall–Kier alpha value is -3.37. The Bertz CT molecular complexity index is 1560. The number of fused-ring (bicyclic) bond motifs is 3. The van der Waals surface area contributed by atoms with Crippen molar-refractivity contribution in [2.45, 2.75) is 5.92 Å². The largest absolute Gasteiger partial charge is 0.465 e. The van der Waals surface area contributed by atoms with E-state index in [2.05, 4.69) is 36.8 Å². The molecule has 0 radical (unpaired) electrons. The van der Waals surface area contributed by atoms with Crippen molar-refractivity contribution in [2.24, 2.45) is 0 Å². The maximum Gasteiger partial charge on any atom is 0.362 e. The number of hydrogen-bond acceptors (Lipinski definition) is 7. The van der Waals surface area contributed by atoms with Gasteiger partial charge in [-0.25, -0.2) is 14.2 Å². The lowest BCUT2D eigenvalue weighted by atomic mass is 9.87. The molecule has 5 rings (SSSR count). The van der Waals surface area contributed by atoms with Crippen LogP contribution in [0, 0.1) is 0 Å². The Labute approximate surface area is 203 Å². The lowest BCUT2D eigenvalue weighted by molar-refractivity contribution is -0.134. The van der Waals surface area contributed by atoms with Gasteiger partial charge in [0.25, 0.3) is 6.01 Å². The summed E-state index contributed by atoms with van der Waals surface area (Å²) < 4.78 is 19.6. The Morgan fingerprint density at radius 3 is 2.36 bits per heavy atom. The SMILES string of the molecule is COC(=O)C1=c2oc(=O)/c(=C/c3ccc(Br)cc3)n2-c2oc(N)nc2[C@H]1c1ccc(Br)cc1. The zero-order valence-electron chi connectivity index (χ0n) is 17.0. The molecule has 33 heavy (non-hydrogen) atoms. The minimum absolute atomic E-state index is 0.00628. The van der Waals surface area contributed by atoms with E-state index in [1.807, 2.05) is 48.5 Å². The number of rotatable bonds is 3. The third-order valence-electron chi connectivity index (χ3n) is 5.27. The second-order valence-electron chi connectivity index (χ2n) is 7.24. The van der Waals surface area contributed by atoms with Gasteiger partial charge in [-0.05, 0) is 41.5 Å². The van der Waals surface area contributed by atoms with Gasteiger partial charge in [0.2, 0.25) is 11.4 Å². The molecule has 0 aliphatic carbocycles. The molecule has 1 aliphatic rings. The molecule has 10 heteroatoms. The fraction of sp³-hybridized carbons (Fsp3) is 0.0870. The van der Waals surface area contributed by atoms with Crippen LogP contribution in [-0.2, 0) is 9.53 Å². The Kier molecular flexibility index (Phi) is 5.34. The number of oxazole rings is 2. The van der Waals surface area contributed by atoms with E-state index in [9.17, 15) is 9.59 Å². The second-order valence-corrected chi connectivity index (χ2v) is 9.07. The van der Waals surface area contributed by atoms with Crippen LogP contribution >= 0.6 is 31.9 Å². The number of carbonyl (C=O) groups is 1. The highest BCUT2D eigenvalue weighted by molar-refractivity contribution is 9.10. The van der Waals surface area contributed by atoms with E-state index in [-0.39, 0.29) is 28.4 Å². The van der Waals surface area contributed by atoms with Crippen LogP contribution in [0.4, 0.5) is 6.01 Å². The van der Waals surface area contributed by atoms with Gasteiger partial charge < -0.3 is 19.3 Å². The fourth-order valence-corrected chi connectivity index (χ4v) is 4.38. The highest BCUT2D eigenvalue weighted by Crippen LogP contribution is 2.38. The minimum atomic E-state index is -0.715. The number of halogens is 2. The third-order valence-corrected chi connectivity index (χ3v) is 6.33. The first-order chi connectivity index (χ1) is 15.9. The van der Waals surface area contributed by atoms with E-state index in [0.29, 0.717) is 5.69 Å². The molecule has 2 aromatic carbocycles. The number of nitrogens with two attached hydrogens (primary N) is 1. The standard InChI is InChI=1S/C23H15Br2N3O5/c1-31-22(30)17-16(12-4-8-14(25)9-5-12)18-20(33-23(26)27-18)28-15(21(29)32-19(17)28)10-11-2-6-13(24)7-3-11/h2-10,16H,1H3,(H2,26,27)/b15-10-/t16-/m0/s1. The molecule has 1 aliphatic heterocycles. The summed E-state index contributed by atoms with van der Waals surface area (Å²) in [6.45, 7) is 0. The summed E-state index contributed by atoms with van der Waals surface area (Å²) in [6.07, 6.45) is 1.64. The highest BCUT2D eigenvalue weighted by atomic mass is 79.9. The molecular formula is C23H15Br2N3O5. The number of nitrogens with zero attached hydrogens (tertiary/aromatic N) is 2. The summed E-state index contributed by atoms with van der Waals surface area (Å²) in [5.74, 6) is -1.17. The topological polar surface area (TPSA) is 113 Å². The molecule has 166 valence electrons. The van der Waals surface area contributed by atoms with Crippen LogP contribution in [0.25, 0.3) is 17.5 Å². The highest BCUT2D eigenvalue weighted by Gasteiger charge is 2.39. The van der Waals surface area contributed by atoms with Crippen molar-refractivity contribution < 1.29 is 18.4 Å². The molecule has 0 unspecified atom stereocenters. The average Bonchev–Trinajstić information content (AvgIpc) is 3.33. The number of ether oxygens (including phenoxy) is 1. The quantitative estimate of drug-likeness (QED) is 0.375. The number of nitrogen functional groups attached to an aromatic ring is 1. The van der Waals surface area contributed by atoms with Crippen molar-refractivity contribution >= 4 is 55.5 Å². The van der Waals surface area contributed by atoms with E-state index < -0.39 is 17.5 Å². The molecule has 0 bridgehead atoms. The number of benzene rings is 2. The van der Waals surface area contributed by atoms with Crippen molar-refractivity contribution in [1.82, 2.24) is 9.55 Å². The molecule has 0 saturated carbocycles. The molecule has 1 atom stereocenters. The van der Waals surface area contributed by atoms with Crippen molar-refractivity contribution in [3.8, 4) is 5.88 Å². The molecule has 3 heterocycles. The first-order valence-electron chi connectivity index (χ1n) is 9.71. The number of methoxy groups -OCH3 is 1. The minimum Gasteiger partial charge on any atom is -0.465 e. The van der Waals surface area contributed by atoms with E-state index in [1.165, 1.54) is 11.7 Å². The smallest absolute Gasteiger partial charge is 0.362 e. The van der Waals surface area contributed by atoms with Gasteiger partial charge in [-0.2, -0.15) is 4.98 Å². The number of esters is 1. The van der Waals surface area contributed by atoms with Gasteiger partial charge in [-0.15, -0.1) is 0 Å². The number of anilines is 1. The maximum absolute atomic E-state index is 13.0. The summed E-state index contributed by atoms with van der Waals surface area (Å²) in [4.78, 5) is 30.3. The van der Waals surface area contributed by atoms with Gasteiger partial charge in [0.05, 0.1) is 13.0 Å². The summed E-state index contributed by atoms with van der Waals surface area (Å²) in [6, 6.07) is 14.6. The van der Waals surface area contributed by atoms with E-state index in [4.69, 9.17) is 19.3 Å². The normalized spacial score (nSPS) is 15.3. The van der Waals surface area contributed by atoms with Crippen LogP contribution < -0.4 is 22.3 Å². The molecule has 0 spiro atoms. The predicted octanol–water partition coefficient (Wildman–Crippen LogP) is 2.82. The fourth-order valence-electron chi connectivity index (χ4n) is 3.85. The lowest BCUT2D eigenvalue weighted by Gasteiger charge is -2.21. The van der Waals surface area contributed by atoms with E-state index >= 15 is 0 Å². The summed E-state index contributed by atoms with van der Waals surface area (Å²) in [5, 5.41) is 0.153. The number of carbonyl (C=O) groups excluding carboxylic acids is 1. The molecule has 8 nitrogen and oxygen atoms in total. The summed E-state index contributed by atoms with van der Waals surface area (Å²) >= 11 is 6.81. The second kappa shape index (κ2) is 8.20. The Morgan fingerprint density at radius 2 is 1.73 bits per heavy atom. The monoisotopic (exact) mass is 571 g/mol. The number of aromatic nitrogens is 2. The van der Waals surface area contributed by atoms with Crippen LogP contribution in [-0.4, -0.2) is 22.6 Å². The molecule has 2 aromatic heterocycles. The average molecular weight is 573 g/mol. The Balaban J connectivity index is 1.90. The van der Waals surface area contributed by atoms with Gasteiger partial charge in [-0.1, -0.05) is 56.1 Å². The van der Waals surface area contributed by atoms with Gasteiger partial charge in [0.15, 0.2) is 0 Å². The van der Waals surface area contributed by atoms with Gasteiger partial charge in [0, 0.05) is 8.95 Å². The van der Waals surface area contributed by atoms with Crippen molar-refractivity contribution in [3.05, 3.63) is 95.6 Å². The van der Waals surface area contributed by atoms with Crippen LogP contribution in [0.5, 0.6) is 0 Å². The van der Waals surface area contributed by atoms with Crippen molar-refractivity contribution in [2.75, 3.05) is 12.8 Å². The third kappa shape index (κ3) is 3.65. The van der Waals surface area contributed by atoms with Crippen molar-refractivity contribution in [1.29, 1.82) is 0 Å². The zero-order valence-corrected chi connectivity index (χ0v) is 20.2. The Morgan fingerprint density at radius 1 is 1.09 bits per heavy atom. The van der Waals surface area contributed by atoms with Crippen LogP contribution in [0.1, 0.15) is 22.7 Å². The van der Waals surface area contributed by atoms with Crippen LogP contribution in [0.3, 0.4) is 0 Å². The molecule has 0 saturated heterocycles. The molecule has 2 N–H and O–H groups in total. The van der Waals surface area contributed by atoms with Gasteiger partial charge >= 0.3 is 11.6 Å². The molecule has 0 amide bonds. The van der Waals surface area contributed by atoms with Gasteiger partial charge in [0.1, 0.15) is 16.6 Å². The number of hydrogen-bond donors (Lipinski definition) is 1. The summed E-state index contributed by atoms with van der Waals surface area (Å²) in [7, 11) is 1.26. The molecule has 0 fully saturated rings. The first kappa shape index (κ1) is 21.5. The maximum atomic E-state index is 13.0. The lowest BCUT2D eigenvalue weighted by Crippen LogP contribution is -2.37. The predicted molar refractivity (Wildman–Crippen MR) is 127 cm³/mol. The van der Waals surface area contributed by atoms with E-state index in [1.54, 1.807) is 6.08 Å². The van der Waals surface area contributed by atoms with Crippen LogP contribution in [0.2, 0.25) is 0 Å². The van der Waals surface area contributed by atoms with E-state index in [0.717, 1.165) is 20.1 Å². The summed E-state index contributed by atoms with van der Waals surface area (Å²) in [5.41, 5.74) is 7.23. The zero-order chi connectivity index (χ0) is 23.3. The molecule has 4 aromatic rings.